The van der Waals surface area contributed by atoms with Crippen LogP contribution >= 0.6 is 0 Å². The molecule has 1 heterocycles. The Morgan fingerprint density at radius 3 is 2.76 bits per heavy atom. The summed E-state index contributed by atoms with van der Waals surface area (Å²) in [5, 5.41) is 20.7. The Labute approximate surface area is 172 Å². The van der Waals surface area contributed by atoms with Crippen LogP contribution in [-0.2, 0) is 19.1 Å². The number of aliphatic hydroxyl groups is 2. The molecule has 3 fully saturated rings. The van der Waals surface area contributed by atoms with Gasteiger partial charge in [0.15, 0.2) is 6.10 Å². The van der Waals surface area contributed by atoms with E-state index in [1.807, 2.05) is 13.0 Å². The third-order valence-corrected chi connectivity index (χ3v) is 7.64. The summed E-state index contributed by atoms with van der Waals surface area (Å²) in [4.78, 5) is 23.7. The predicted molar refractivity (Wildman–Crippen MR) is 108 cm³/mol. The van der Waals surface area contributed by atoms with Crippen molar-refractivity contribution in [2.24, 2.45) is 22.7 Å². The van der Waals surface area contributed by atoms with Gasteiger partial charge in [-0.1, -0.05) is 38.7 Å². The van der Waals surface area contributed by atoms with Gasteiger partial charge in [-0.2, -0.15) is 0 Å². The van der Waals surface area contributed by atoms with Gasteiger partial charge in [0, 0.05) is 11.5 Å². The second-order valence-electron chi connectivity index (χ2n) is 9.15. The lowest BCUT2D eigenvalue weighted by atomic mass is 9.46. The van der Waals surface area contributed by atoms with Crippen LogP contribution in [0.15, 0.2) is 36.5 Å². The van der Waals surface area contributed by atoms with Gasteiger partial charge in [0.1, 0.15) is 6.61 Å². The maximum absolute atomic E-state index is 12.2. The van der Waals surface area contributed by atoms with E-state index in [1.54, 1.807) is 0 Å². The number of hydrogen-bond acceptors (Lipinski definition) is 6. The summed E-state index contributed by atoms with van der Waals surface area (Å²) in [7, 11) is 0. The van der Waals surface area contributed by atoms with Crippen molar-refractivity contribution in [3.05, 3.63) is 36.5 Å². The molecular formula is C23H32O6. The van der Waals surface area contributed by atoms with Crippen molar-refractivity contribution < 1.29 is 29.3 Å². The smallest absolute Gasteiger partial charge is 0.337 e. The highest BCUT2D eigenvalue weighted by atomic mass is 16.6. The quantitative estimate of drug-likeness (QED) is 0.416. The van der Waals surface area contributed by atoms with E-state index in [9.17, 15) is 19.8 Å². The highest BCUT2D eigenvalue weighted by Crippen LogP contribution is 2.61. The van der Waals surface area contributed by atoms with Gasteiger partial charge in [-0.15, -0.1) is 0 Å². The third kappa shape index (κ3) is 3.68. The molecule has 0 bridgehead atoms. The first-order valence-corrected chi connectivity index (χ1v) is 10.3. The number of carbonyl (C=O) groups is 2. The van der Waals surface area contributed by atoms with E-state index in [1.165, 1.54) is 0 Å². The normalized spacial score (nSPS) is 41.0. The van der Waals surface area contributed by atoms with Crippen molar-refractivity contribution in [2.45, 2.75) is 58.2 Å². The first-order chi connectivity index (χ1) is 13.7. The van der Waals surface area contributed by atoms with Crippen LogP contribution in [0, 0.1) is 22.7 Å². The fourth-order valence-electron chi connectivity index (χ4n) is 5.84. The molecular weight excluding hydrogens is 372 g/mol. The van der Waals surface area contributed by atoms with Gasteiger partial charge in [-0.05, 0) is 49.4 Å². The Balaban J connectivity index is 1.86. The topological polar surface area (TPSA) is 93.1 Å². The Morgan fingerprint density at radius 2 is 2.10 bits per heavy atom. The van der Waals surface area contributed by atoms with Crippen LogP contribution in [0.2, 0.25) is 0 Å². The van der Waals surface area contributed by atoms with E-state index in [2.05, 4.69) is 20.1 Å². The maximum Gasteiger partial charge on any atom is 0.337 e. The second kappa shape index (κ2) is 8.07. The minimum Gasteiger partial charge on any atom is -0.458 e. The first kappa shape index (κ1) is 21.8. The lowest BCUT2D eigenvalue weighted by Gasteiger charge is -2.59. The van der Waals surface area contributed by atoms with Crippen LogP contribution in [-0.4, -0.2) is 47.6 Å². The molecule has 0 unspecified atom stereocenters. The number of ether oxygens (including phenoxy) is 2. The monoisotopic (exact) mass is 404 g/mol. The van der Waals surface area contributed by atoms with E-state index in [0.29, 0.717) is 18.4 Å². The molecule has 0 aromatic carbocycles. The summed E-state index contributed by atoms with van der Waals surface area (Å²) >= 11 is 0. The lowest BCUT2D eigenvalue weighted by molar-refractivity contribution is -0.151. The molecule has 1 aliphatic heterocycles. The zero-order valence-corrected chi connectivity index (χ0v) is 17.4. The van der Waals surface area contributed by atoms with Crippen LogP contribution in [0.25, 0.3) is 0 Å². The number of hydrogen-bond donors (Lipinski definition) is 2. The van der Waals surface area contributed by atoms with Gasteiger partial charge in [0.25, 0.3) is 0 Å². The maximum atomic E-state index is 12.2. The van der Waals surface area contributed by atoms with Gasteiger partial charge in [0.2, 0.25) is 0 Å². The Bertz CT molecular complexity index is 740. The first-order valence-electron chi connectivity index (χ1n) is 10.3. The average Bonchev–Trinajstić information content (AvgIpc) is 3.03. The Kier molecular flexibility index (Phi) is 6.06. The van der Waals surface area contributed by atoms with Crippen molar-refractivity contribution in [3.63, 3.8) is 0 Å². The van der Waals surface area contributed by atoms with E-state index >= 15 is 0 Å². The molecule has 0 spiro atoms. The van der Waals surface area contributed by atoms with Crippen LogP contribution in [0.3, 0.4) is 0 Å². The number of aliphatic hydroxyl groups excluding tert-OH is 2. The number of allylic oxidation sites excluding steroid dienone is 2. The van der Waals surface area contributed by atoms with Gasteiger partial charge in [0.05, 0.1) is 18.3 Å². The molecule has 6 atom stereocenters. The van der Waals surface area contributed by atoms with Gasteiger partial charge in [-0.25, -0.2) is 9.59 Å². The van der Waals surface area contributed by atoms with Gasteiger partial charge in [-0.3, -0.25) is 0 Å². The van der Waals surface area contributed by atoms with Crippen molar-refractivity contribution in [2.75, 3.05) is 13.2 Å². The molecule has 160 valence electrons. The largest absolute Gasteiger partial charge is 0.458 e. The van der Waals surface area contributed by atoms with E-state index < -0.39 is 29.6 Å². The molecule has 0 amide bonds. The predicted octanol–water partition coefficient (Wildman–Crippen LogP) is 2.70. The molecule has 2 N–H and O–H groups in total. The van der Waals surface area contributed by atoms with Gasteiger partial charge >= 0.3 is 11.9 Å². The standard InChI is InChI=1S/C23H32O6/c1-5-20(26)29-17-12-28-21(27)15(17)7-8-16-14(2)6-9-18-22(16,3)11-10-19(25)23(18,4)13-24/h5,7,16-19,24-25H,1-2,6,8-13H2,3-4H3/b15-7+/t16-,17-,18+,19-,22+,23+/m1/s1. The molecule has 3 aliphatic rings. The summed E-state index contributed by atoms with van der Waals surface area (Å²) in [5.74, 6) is -0.790. The molecule has 6 nitrogen and oxygen atoms in total. The molecule has 2 saturated carbocycles. The summed E-state index contributed by atoms with van der Waals surface area (Å²) in [6.07, 6.45) is 5.41. The molecule has 0 radical (unpaired) electrons. The van der Waals surface area contributed by atoms with Gasteiger partial charge < -0.3 is 19.7 Å². The highest BCUT2D eigenvalue weighted by molar-refractivity contribution is 5.92. The molecule has 3 rings (SSSR count). The zero-order valence-electron chi connectivity index (χ0n) is 17.4. The zero-order chi connectivity index (χ0) is 21.4. The number of fused-ring (bicyclic) bond motifs is 1. The molecule has 2 aliphatic carbocycles. The minimum atomic E-state index is -0.718. The van der Waals surface area contributed by atoms with E-state index in [4.69, 9.17) is 9.47 Å². The molecule has 1 saturated heterocycles. The third-order valence-electron chi connectivity index (χ3n) is 7.64. The molecule has 6 heteroatoms. The van der Waals surface area contributed by atoms with Crippen LogP contribution in [0.1, 0.15) is 46.0 Å². The lowest BCUT2D eigenvalue weighted by Crippen LogP contribution is -2.57. The summed E-state index contributed by atoms with van der Waals surface area (Å²) in [5.41, 5.74) is 0.800. The number of esters is 2. The summed E-state index contributed by atoms with van der Waals surface area (Å²) < 4.78 is 10.3. The average molecular weight is 405 g/mol. The van der Waals surface area contributed by atoms with Crippen LogP contribution in [0.5, 0.6) is 0 Å². The number of rotatable bonds is 5. The highest BCUT2D eigenvalue weighted by Gasteiger charge is 2.57. The SMILES string of the molecule is C=CC(=O)O[C@@H]1COC(=O)/C1=C/C[C@@H]1C(=C)CC[C@@H]2[C@](C)(CO)[C@H](O)CC[C@]21C. The van der Waals surface area contributed by atoms with Crippen LogP contribution < -0.4 is 0 Å². The summed E-state index contributed by atoms with van der Waals surface area (Å²) in [6.45, 7) is 11.8. The van der Waals surface area contributed by atoms with Crippen molar-refractivity contribution in [3.8, 4) is 0 Å². The number of carbonyl (C=O) groups excluding carboxylic acids is 2. The van der Waals surface area contributed by atoms with Crippen molar-refractivity contribution >= 4 is 11.9 Å². The minimum absolute atomic E-state index is 0.0184. The Hall–Kier alpha value is -1.92. The van der Waals surface area contributed by atoms with E-state index in [0.717, 1.165) is 30.9 Å². The summed E-state index contributed by atoms with van der Waals surface area (Å²) in [6, 6.07) is 0. The molecule has 0 aromatic heterocycles. The fourth-order valence-corrected chi connectivity index (χ4v) is 5.84. The number of cyclic esters (lactones) is 1. The molecule has 29 heavy (non-hydrogen) atoms. The second-order valence-corrected chi connectivity index (χ2v) is 9.15. The van der Waals surface area contributed by atoms with E-state index in [-0.39, 0.29) is 30.5 Å². The van der Waals surface area contributed by atoms with Crippen molar-refractivity contribution in [1.29, 1.82) is 0 Å². The Morgan fingerprint density at radius 1 is 1.38 bits per heavy atom. The van der Waals surface area contributed by atoms with Crippen molar-refractivity contribution in [1.82, 2.24) is 0 Å². The van der Waals surface area contributed by atoms with Crippen LogP contribution in [0.4, 0.5) is 0 Å². The fraction of sp³-hybridized carbons (Fsp3) is 0.652. The molecule has 0 aromatic rings.